The van der Waals surface area contributed by atoms with Crippen molar-refractivity contribution in [1.29, 1.82) is 0 Å². The molecule has 0 atom stereocenters. The lowest BCUT2D eigenvalue weighted by molar-refractivity contribution is -0.142. The minimum atomic E-state index is -0.506. The Morgan fingerprint density at radius 3 is 1.24 bits per heavy atom. The van der Waals surface area contributed by atoms with E-state index in [0.717, 1.165) is 11.1 Å². The van der Waals surface area contributed by atoms with Crippen molar-refractivity contribution in [2.75, 3.05) is 13.1 Å². The summed E-state index contributed by atoms with van der Waals surface area (Å²) in [4.78, 5) is 40.3. The Morgan fingerprint density at radius 1 is 0.606 bits per heavy atom. The van der Waals surface area contributed by atoms with E-state index in [2.05, 4.69) is 65.8 Å². The van der Waals surface area contributed by atoms with Crippen LogP contribution >= 0.6 is 0 Å². The molecule has 1 heterocycles. The fourth-order valence-electron chi connectivity index (χ4n) is 3.94. The number of nitrogens with zero attached hydrogens (tertiary/aromatic N) is 2. The normalized spacial score (nSPS) is 15.4. The molecule has 0 bridgehead atoms. The Balaban J connectivity index is 1.62. The van der Waals surface area contributed by atoms with Gasteiger partial charge >= 0.3 is 6.03 Å². The van der Waals surface area contributed by atoms with Gasteiger partial charge in [0, 0.05) is 13.1 Å². The number of hydrogen-bond acceptors (Lipinski definition) is 3. The summed E-state index contributed by atoms with van der Waals surface area (Å²) in [5.74, 6) is -0.829. The first-order valence-electron chi connectivity index (χ1n) is 11.7. The highest BCUT2D eigenvalue weighted by Gasteiger charge is 2.37. The molecule has 3 rings (SSSR count). The highest BCUT2D eigenvalue weighted by molar-refractivity contribution is 6.14. The SMILES string of the molecule is CC(C)(C)c1ccc(CCN2C(=O)CC(=O)N(CCc3ccc(C(C)(C)C)cc3)C2=O)cc1. The van der Waals surface area contributed by atoms with Gasteiger partial charge in [-0.2, -0.15) is 0 Å². The minimum Gasteiger partial charge on any atom is -0.274 e. The van der Waals surface area contributed by atoms with E-state index in [0.29, 0.717) is 12.8 Å². The van der Waals surface area contributed by atoms with E-state index in [-0.39, 0.29) is 30.3 Å². The van der Waals surface area contributed by atoms with Gasteiger partial charge in [-0.15, -0.1) is 0 Å². The molecule has 33 heavy (non-hydrogen) atoms. The molecule has 2 aromatic carbocycles. The average molecular weight is 449 g/mol. The van der Waals surface area contributed by atoms with Crippen molar-refractivity contribution in [2.24, 2.45) is 0 Å². The first kappa shape index (κ1) is 24.7. The Hall–Kier alpha value is -2.95. The second kappa shape index (κ2) is 9.50. The van der Waals surface area contributed by atoms with Gasteiger partial charge in [-0.05, 0) is 45.9 Å². The minimum absolute atomic E-state index is 0.0747. The molecule has 176 valence electrons. The van der Waals surface area contributed by atoms with Crippen LogP contribution in [0.2, 0.25) is 0 Å². The molecule has 0 radical (unpaired) electrons. The molecule has 1 fully saturated rings. The molecular weight excluding hydrogens is 412 g/mol. The van der Waals surface area contributed by atoms with Crippen molar-refractivity contribution in [2.45, 2.75) is 71.6 Å². The summed E-state index contributed by atoms with van der Waals surface area (Å²) in [5, 5.41) is 0. The van der Waals surface area contributed by atoms with E-state index in [4.69, 9.17) is 0 Å². The van der Waals surface area contributed by atoms with Crippen LogP contribution < -0.4 is 0 Å². The number of carbonyl (C=O) groups is 3. The van der Waals surface area contributed by atoms with Crippen LogP contribution in [0.15, 0.2) is 48.5 Å². The van der Waals surface area contributed by atoms with Gasteiger partial charge in [0.2, 0.25) is 11.8 Å². The summed E-state index contributed by atoms with van der Waals surface area (Å²) in [6, 6.07) is 16.0. The molecule has 5 nitrogen and oxygen atoms in total. The van der Waals surface area contributed by atoms with Crippen LogP contribution in [0.4, 0.5) is 4.79 Å². The van der Waals surface area contributed by atoms with E-state index in [1.54, 1.807) is 0 Å². The Kier molecular flexibility index (Phi) is 7.11. The largest absolute Gasteiger partial charge is 0.333 e. The number of benzene rings is 2. The molecule has 0 spiro atoms. The van der Waals surface area contributed by atoms with Crippen LogP contribution in [0, 0.1) is 0 Å². The lowest BCUT2D eigenvalue weighted by Gasteiger charge is -2.32. The molecule has 2 aromatic rings. The first-order chi connectivity index (χ1) is 15.4. The van der Waals surface area contributed by atoms with Gasteiger partial charge in [0.25, 0.3) is 0 Å². The van der Waals surface area contributed by atoms with Crippen molar-refractivity contribution in [3.8, 4) is 0 Å². The molecule has 0 unspecified atom stereocenters. The number of amides is 4. The molecule has 1 saturated heterocycles. The zero-order valence-electron chi connectivity index (χ0n) is 20.8. The summed E-state index contributed by atoms with van der Waals surface area (Å²) in [6.45, 7) is 13.5. The van der Waals surface area contributed by atoms with Gasteiger partial charge < -0.3 is 0 Å². The van der Waals surface area contributed by atoms with Crippen molar-refractivity contribution in [3.05, 3.63) is 70.8 Å². The van der Waals surface area contributed by atoms with Crippen LogP contribution in [0.25, 0.3) is 0 Å². The highest BCUT2D eigenvalue weighted by Crippen LogP contribution is 2.24. The van der Waals surface area contributed by atoms with E-state index in [9.17, 15) is 14.4 Å². The van der Waals surface area contributed by atoms with Gasteiger partial charge in [0.05, 0.1) is 0 Å². The average Bonchev–Trinajstić information content (AvgIpc) is 2.72. The third kappa shape index (κ3) is 6.10. The van der Waals surface area contributed by atoms with Crippen LogP contribution in [0.1, 0.15) is 70.2 Å². The maximum Gasteiger partial charge on any atom is 0.333 e. The molecule has 1 aliphatic rings. The van der Waals surface area contributed by atoms with Crippen molar-refractivity contribution in [1.82, 2.24) is 9.80 Å². The molecule has 5 heteroatoms. The molecule has 4 amide bonds. The fraction of sp³-hybridized carbons (Fsp3) is 0.464. The summed E-state index contributed by atoms with van der Waals surface area (Å²) in [7, 11) is 0. The Bertz CT molecular complexity index is 928. The topological polar surface area (TPSA) is 57.7 Å². The van der Waals surface area contributed by atoms with Crippen LogP contribution in [0.3, 0.4) is 0 Å². The summed E-state index contributed by atoms with van der Waals surface area (Å²) < 4.78 is 0. The maximum atomic E-state index is 13.0. The molecule has 1 aliphatic heterocycles. The number of carbonyl (C=O) groups excluding carboxylic acids is 3. The highest BCUT2D eigenvalue weighted by atomic mass is 16.2. The summed E-state index contributed by atoms with van der Waals surface area (Å²) in [6.07, 6.45) is 0.883. The number of imide groups is 2. The van der Waals surface area contributed by atoms with Gasteiger partial charge in [-0.3, -0.25) is 19.4 Å². The predicted octanol–water partition coefficient (Wildman–Crippen LogP) is 5.25. The van der Waals surface area contributed by atoms with E-state index in [1.807, 2.05) is 24.3 Å². The van der Waals surface area contributed by atoms with Crippen molar-refractivity contribution < 1.29 is 14.4 Å². The van der Waals surface area contributed by atoms with Gasteiger partial charge in [-0.25, -0.2) is 4.79 Å². The number of barbiturate groups is 1. The lowest BCUT2D eigenvalue weighted by Crippen LogP contribution is -2.55. The number of urea groups is 1. The number of rotatable bonds is 6. The monoisotopic (exact) mass is 448 g/mol. The van der Waals surface area contributed by atoms with Crippen LogP contribution in [-0.4, -0.2) is 40.7 Å². The smallest absolute Gasteiger partial charge is 0.274 e. The second-order valence-corrected chi connectivity index (χ2v) is 10.9. The zero-order chi connectivity index (χ0) is 24.4. The van der Waals surface area contributed by atoms with Gasteiger partial charge in [0.1, 0.15) is 6.42 Å². The fourth-order valence-corrected chi connectivity index (χ4v) is 3.94. The molecular formula is C28H36N2O3. The molecule has 0 aliphatic carbocycles. The van der Waals surface area contributed by atoms with Crippen LogP contribution in [0.5, 0.6) is 0 Å². The van der Waals surface area contributed by atoms with Crippen molar-refractivity contribution in [3.63, 3.8) is 0 Å². The standard InChI is InChI=1S/C28H36N2O3/c1-27(2,3)22-11-7-20(8-12-22)15-17-29-24(31)19-25(32)30(26(29)33)18-16-21-9-13-23(14-10-21)28(4,5)6/h7-14H,15-19H2,1-6H3. The first-order valence-corrected chi connectivity index (χ1v) is 11.7. The van der Waals surface area contributed by atoms with Gasteiger partial charge in [-0.1, -0.05) is 90.1 Å². The second-order valence-electron chi connectivity index (χ2n) is 10.9. The van der Waals surface area contributed by atoms with E-state index >= 15 is 0 Å². The summed E-state index contributed by atoms with van der Waals surface area (Å²) in [5.41, 5.74) is 4.75. The molecule has 0 aromatic heterocycles. The third-order valence-electron chi connectivity index (χ3n) is 6.25. The number of hydrogen-bond donors (Lipinski definition) is 0. The van der Waals surface area contributed by atoms with E-state index in [1.165, 1.54) is 20.9 Å². The Morgan fingerprint density at radius 2 is 0.939 bits per heavy atom. The Labute approximate surface area is 197 Å². The predicted molar refractivity (Wildman–Crippen MR) is 131 cm³/mol. The third-order valence-corrected chi connectivity index (χ3v) is 6.25. The molecule has 0 saturated carbocycles. The summed E-state index contributed by atoms with van der Waals surface area (Å²) >= 11 is 0. The van der Waals surface area contributed by atoms with Gasteiger partial charge in [0.15, 0.2) is 0 Å². The quantitative estimate of drug-likeness (QED) is 0.567. The zero-order valence-corrected chi connectivity index (χ0v) is 20.8. The molecule has 0 N–H and O–H groups in total. The van der Waals surface area contributed by atoms with Crippen LogP contribution in [-0.2, 0) is 33.3 Å². The maximum absolute atomic E-state index is 13.0. The van der Waals surface area contributed by atoms with E-state index < -0.39 is 17.8 Å². The van der Waals surface area contributed by atoms with Crippen molar-refractivity contribution >= 4 is 17.8 Å². The lowest BCUT2D eigenvalue weighted by atomic mass is 9.86.